The van der Waals surface area contributed by atoms with E-state index in [9.17, 15) is 0 Å². The number of hydrogen-bond donors (Lipinski definition) is 0. The van der Waals surface area contributed by atoms with Crippen LogP contribution in [0.15, 0.2) is 0 Å². The molecule has 0 aliphatic heterocycles. The highest BCUT2D eigenvalue weighted by atomic mass is 16.5. The van der Waals surface area contributed by atoms with Gasteiger partial charge in [-0.1, -0.05) is 0 Å². The third-order valence-corrected chi connectivity index (χ3v) is 1.03. The van der Waals surface area contributed by atoms with Gasteiger partial charge in [-0.05, 0) is 26.7 Å². The van der Waals surface area contributed by atoms with Crippen molar-refractivity contribution in [2.24, 2.45) is 0 Å². The molecule has 0 aromatic carbocycles. The van der Waals surface area contributed by atoms with E-state index in [1.54, 1.807) is 13.8 Å². The van der Waals surface area contributed by atoms with Crippen LogP contribution >= 0.6 is 0 Å². The average Bonchev–Trinajstić information content (AvgIpc) is 1.97. The van der Waals surface area contributed by atoms with Gasteiger partial charge in [0.05, 0.1) is 0 Å². The summed E-state index contributed by atoms with van der Waals surface area (Å²) in [7, 11) is 0. The van der Waals surface area contributed by atoms with Crippen LogP contribution in [0.1, 0.15) is 26.7 Å². The zero-order valence-corrected chi connectivity index (χ0v) is 6.64. The van der Waals surface area contributed by atoms with Gasteiger partial charge in [-0.3, -0.25) is 0 Å². The molecule has 0 rings (SSSR count). The second-order valence-electron chi connectivity index (χ2n) is 1.81. The molecule has 10 heavy (non-hydrogen) atoms. The van der Waals surface area contributed by atoms with Crippen molar-refractivity contribution in [2.75, 3.05) is 13.2 Å². The predicted octanol–water partition coefficient (Wildman–Crippen LogP) is 1.92. The molecule has 58 valence electrons. The first-order chi connectivity index (χ1) is 4.91. The van der Waals surface area contributed by atoms with Gasteiger partial charge in [-0.2, -0.15) is 0 Å². The first kappa shape index (κ1) is 9.92. The Balaban J connectivity index is 2.65. The van der Waals surface area contributed by atoms with Gasteiger partial charge in [0.1, 0.15) is 13.2 Å². The third kappa shape index (κ3) is 7.92. The summed E-state index contributed by atoms with van der Waals surface area (Å²) in [6, 6.07) is 0. The van der Waals surface area contributed by atoms with Crippen molar-refractivity contribution in [2.45, 2.75) is 26.7 Å². The van der Waals surface area contributed by atoms with Gasteiger partial charge in [0.25, 0.3) is 0 Å². The Bertz CT molecular complexity index is 47.2. The van der Waals surface area contributed by atoms with E-state index < -0.39 is 0 Å². The van der Waals surface area contributed by atoms with E-state index in [0.29, 0.717) is 0 Å². The van der Waals surface area contributed by atoms with Crippen LogP contribution in [0, 0.1) is 13.2 Å². The molecule has 0 bridgehead atoms. The lowest BCUT2D eigenvalue weighted by Gasteiger charge is -1.99. The quantitative estimate of drug-likeness (QED) is 0.505. The van der Waals surface area contributed by atoms with E-state index in [1.807, 2.05) is 0 Å². The Morgan fingerprint density at radius 1 is 0.900 bits per heavy atom. The zero-order chi connectivity index (χ0) is 7.66. The minimum Gasteiger partial charge on any atom is -0.369 e. The van der Waals surface area contributed by atoms with Crippen LogP contribution in [0.4, 0.5) is 0 Å². The first-order valence-electron chi connectivity index (χ1n) is 3.49. The predicted molar refractivity (Wildman–Crippen MR) is 39.0 cm³/mol. The van der Waals surface area contributed by atoms with E-state index in [4.69, 9.17) is 9.47 Å². The smallest absolute Gasteiger partial charge is 0.128 e. The maximum absolute atomic E-state index is 4.89. The Morgan fingerprint density at radius 2 is 1.30 bits per heavy atom. The molecule has 0 heterocycles. The summed E-state index contributed by atoms with van der Waals surface area (Å²) < 4.78 is 9.78. The fourth-order valence-corrected chi connectivity index (χ4v) is 0.553. The van der Waals surface area contributed by atoms with E-state index in [0.717, 1.165) is 26.1 Å². The van der Waals surface area contributed by atoms with Crippen LogP contribution in [0.2, 0.25) is 0 Å². The summed E-state index contributed by atoms with van der Waals surface area (Å²) in [6.45, 7) is 10.2. The van der Waals surface area contributed by atoms with Crippen molar-refractivity contribution in [1.29, 1.82) is 0 Å². The van der Waals surface area contributed by atoms with E-state index >= 15 is 0 Å². The first-order valence-corrected chi connectivity index (χ1v) is 3.49. The zero-order valence-electron chi connectivity index (χ0n) is 6.64. The van der Waals surface area contributed by atoms with Crippen molar-refractivity contribution in [3.8, 4) is 0 Å². The second-order valence-corrected chi connectivity index (χ2v) is 1.81. The summed E-state index contributed by atoms with van der Waals surface area (Å²) in [5.74, 6) is 0. The Labute approximate surface area is 63.5 Å². The Hall–Kier alpha value is -0.0800. The van der Waals surface area contributed by atoms with Crippen molar-refractivity contribution in [3.05, 3.63) is 13.2 Å². The van der Waals surface area contributed by atoms with Crippen LogP contribution in [-0.4, -0.2) is 13.2 Å². The molecular formula is C8H14O2. The molecule has 0 unspecified atom stereocenters. The molecule has 0 N–H and O–H groups in total. The molecule has 0 saturated heterocycles. The highest BCUT2D eigenvalue weighted by Crippen LogP contribution is 1.92. The summed E-state index contributed by atoms with van der Waals surface area (Å²) in [6.07, 6.45) is 2.03. The van der Waals surface area contributed by atoms with Gasteiger partial charge in [-0.15, -0.1) is 0 Å². The molecule has 0 aromatic heterocycles. The monoisotopic (exact) mass is 142 g/mol. The van der Waals surface area contributed by atoms with Crippen LogP contribution in [0.25, 0.3) is 0 Å². The number of rotatable bonds is 7. The van der Waals surface area contributed by atoms with Gasteiger partial charge in [0, 0.05) is 13.2 Å². The molecule has 0 atom stereocenters. The molecule has 4 radical (unpaired) electrons. The third-order valence-electron chi connectivity index (χ3n) is 1.03. The molecule has 0 aliphatic carbocycles. The van der Waals surface area contributed by atoms with Crippen molar-refractivity contribution < 1.29 is 9.47 Å². The molecule has 0 fully saturated rings. The maximum Gasteiger partial charge on any atom is 0.128 e. The maximum atomic E-state index is 4.89. The lowest BCUT2D eigenvalue weighted by atomic mass is 10.3. The molecule has 0 saturated carbocycles. The molecule has 0 amide bonds. The fraction of sp³-hybridized carbons (Fsp3) is 0.750. The highest BCUT2D eigenvalue weighted by Gasteiger charge is 1.88. The minimum atomic E-state index is 0.740. The van der Waals surface area contributed by atoms with Crippen LogP contribution in [-0.2, 0) is 9.47 Å². The summed E-state index contributed by atoms with van der Waals surface area (Å²) in [5, 5.41) is 0. The molecule has 2 nitrogen and oxygen atoms in total. The Kier molecular flexibility index (Phi) is 8.85. The van der Waals surface area contributed by atoms with Gasteiger partial charge < -0.3 is 9.47 Å². The number of hydrogen-bond acceptors (Lipinski definition) is 2. The molecule has 0 aromatic rings. The highest BCUT2D eigenvalue weighted by molar-refractivity contribution is 4.42. The van der Waals surface area contributed by atoms with Crippen molar-refractivity contribution in [1.82, 2.24) is 0 Å². The fourth-order valence-electron chi connectivity index (χ4n) is 0.553. The Morgan fingerprint density at radius 3 is 1.60 bits per heavy atom. The van der Waals surface area contributed by atoms with Crippen LogP contribution < -0.4 is 0 Å². The van der Waals surface area contributed by atoms with Gasteiger partial charge >= 0.3 is 0 Å². The van der Waals surface area contributed by atoms with Gasteiger partial charge in [0.2, 0.25) is 0 Å². The second kappa shape index (κ2) is 8.92. The lowest BCUT2D eigenvalue weighted by Crippen LogP contribution is -1.94. The van der Waals surface area contributed by atoms with Crippen LogP contribution in [0.5, 0.6) is 0 Å². The van der Waals surface area contributed by atoms with E-state index in [1.165, 1.54) is 0 Å². The molecule has 0 aliphatic rings. The molecule has 2 heteroatoms. The summed E-state index contributed by atoms with van der Waals surface area (Å²) >= 11 is 0. The van der Waals surface area contributed by atoms with Gasteiger partial charge in [-0.25, -0.2) is 0 Å². The van der Waals surface area contributed by atoms with E-state index in [2.05, 4.69) is 13.2 Å². The number of ether oxygens (including phenoxy) is 2. The average molecular weight is 142 g/mol. The van der Waals surface area contributed by atoms with Crippen molar-refractivity contribution >= 4 is 0 Å². The SMILES string of the molecule is C[C]OCCCCO[C]C. The normalized spacial score (nSPS) is 10.2. The van der Waals surface area contributed by atoms with E-state index in [-0.39, 0.29) is 0 Å². The minimum absolute atomic E-state index is 0.740. The standard InChI is InChI=1S/C8H14O2/c1-3-9-7-5-6-8-10-4-2/h5-8H2,1-2H3. The molecule has 0 spiro atoms. The van der Waals surface area contributed by atoms with Gasteiger partial charge in [0.15, 0.2) is 0 Å². The van der Waals surface area contributed by atoms with Crippen LogP contribution in [0.3, 0.4) is 0 Å². The van der Waals surface area contributed by atoms with Crippen molar-refractivity contribution in [3.63, 3.8) is 0 Å². The summed E-state index contributed by atoms with van der Waals surface area (Å²) in [5.41, 5.74) is 0. The largest absolute Gasteiger partial charge is 0.369 e. The topological polar surface area (TPSA) is 18.5 Å². The summed E-state index contributed by atoms with van der Waals surface area (Å²) in [4.78, 5) is 0. The molecular weight excluding hydrogens is 128 g/mol. The lowest BCUT2D eigenvalue weighted by molar-refractivity contribution is 0.165. The number of unbranched alkanes of at least 4 members (excludes halogenated alkanes) is 1.